The number of carbonyl (C=O) groups excluding carboxylic acids is 4. The van der Waals surface area contributed by atoms with E-state index in [1.54, 1.807) is 0 Å². The van der Waals surface area contributed by atoms with Crippen LogP contribution in [0, 0.1) is 5.41 Å². The van der Waals surface area contributed by atoms with Crippen molar-refractivity contribution in [1.29, 1.82) is 0 Å². The predicted molar refractivity (Wildman–Crippen MR) is 71.1 cm³/mol. The third-order valence-electron chi connectivity index (χ3n) is 2.55. The molecule has 0 aliphatic heterocycles. The molecule has 5 heteroatoms. The van der Waals surface area contributed by atoms with Crippen LogP contribution >= 0.6 is 0 Å². The van der Waals surface area contributed by atoms with Gasteiger partial charge in [-0.2, -0.15) is 0 Å². The lowest BCUT2D eigenvalue weighted by atomic mass is 9.69. The quantitative estimate of drug-likeness (QED) is 0.545. The first-order valence-corrected chi connectivity index (χ1v) is 5.42. The van der Waals surface area contributed by atoms with Gasteiger partial charge in [-0.05, 0) is 37.5 Å². The molecule has 19 heavy (non-hydrogen) atoms. The molecule has 0 saturated heterocycles. The number of hydrogen-bond donors (Lipinski definition) is 1. The Balaban J connectivity index is 6.47. The summed E-state index contributed by atoms with van der Waals surface area (Å²) < 4.78 is 0. The largest absolute Gasteiger partial charge is 0.368 e. The van der Waals surface area contributed by atoms with Crippen LogP contribution in [0.3, 0.4) is 0 Å². The van der Waals surface area contributed by atoms with Crippen molar-refractivity contribution >= 4 is 23.3 Å². The molecule has 0 aromatic carbocycles. The maximum absolute atomic E-state index is 12.2. The Morgan fingerprint density at radius 3 is 1.05 bits per heavy atom. The second-order valence-electron chi connectivity index (χ2n) is 4.44. The first-order valence-electron chi connectivity index (χ1n) is 5.42. The molecule has 0 bridgehead atoms. The summed E-state index contributed by atoms with van der Waals surface area (Å²) in [6.45, 7) is 14.0. The van der Waals surface area contributed by atoms with Gasteiger partial charge >= 0.3 is 0 Å². The number of amides is 1. The minimum absolute atomic E-state index is 0.122. The van der Waals surface area contributed by atoms with Crippen molar-refractivity contribution in [3.8, 4) is 0 Å². The lowest BCUT2D eigenvalue weighted by molar-refractivity contribution is -0.150. The molecule has 0 heterocycles. The summed E-state index contributed by atoms with van der Waals surface area (Å²) in [5.74, 6) is -4.43. The highest BCUT2D eigenvalue weighted by atomic mass is 16.2. The number of carbonyl (C=O) groups is 4. The second-order valence-corrected chi connectivity index (χ2v) is 4.44. The molecule has 102 valence electrons. The minimum atomic E-state index is -2.64. The molecule has 1 amide bonds. The lowest BCUT2D eigenvalue weighted by Crippen LogP contribution is -2.56. The molecule has 0 atom stereocenters. The Kier molecular flexibility index (Phi) is 4.89. The Labute approximate surface area is 111 Å². The number of nitrogens with two attached hydrogens (primary N) is 1. The van der Waals surface area contributed by atoms with Crippen molar-refractivity contribution in [3.63, 3.8) is 0 Å². The van der Waals surface area contributed by atoms with Crippen LogP contribution in [-0.4, -0.2) is 23.3 Å². The zero-order valence-electron chi connectivity index (χ0n) is 11.3. The molecular formula is C14H17NO4. The summed E-state index contributed by atoms with van der Waals surface area (Å²) in [6.07, 6.45) is 0. The highest BCUT2D eigenvalue weighted by Crippen LogP contribution is 2.30. The lowest BCUT2D eigenvalue weighted by Gasteiger charge is -2.26. The van der Waals surface area contributed by atoms with Gasteiger partial charge in [0, 0.05) is 0 Å². The van der Waals surface area contributed by atoms with E-state index in [9.17, 15) is 19.2 Å². The highest BCUT2D eigenvalue weighted by Gasteiger charge is 2.57. The third kappa shape index (κ3) is 2.59. The van der Waals surface area contributed by atoms with Gasteiger partial charge in [-0.1, -0.05) is 19.7 Å². The Bertz CT molecular complexity index is 461. The number of Topliss-reactive ketones (excluding diaryl/α,β-unsaturated/α-hetero) is 3. The molecule has 0 radical (unpaired) electrons. The van der Waals surface area contributed by atoms with E-state index in [4.69, 9.17) is 5.73 Å². The summed E-state index contributed by atoms with van der Waals surface area (Å²) in [5.41, 5.74) is 2.16. The fraction of sp³-hybridized carbons (Fsp3) is 0.286. The molecule has 5 nitrogen and oxygen atoms in total. The van der Waals surface area contributed by atoms with Gasteiger partial charge in [0.2, 0.25) is 11.3 Å². The first kappa shape index (κ1) is 16.7. The number of hydrogen-bond acceptors (Lipinski definition) is 4. The first-order chi connectivity index (χ1) is 8.51. The van der Waals surface area contributed by atoms with Crippen molar-refractivity contribution in [2.75, 3.05) is 0 Å². The normalized spacial score (nSPS) is 10.5. The SMILES string of the molecule is C=C(C)C(=O)C(C(N)=O)(C(=O)C(=C)C)C(=O)C(=C)C. The molecule has 0 aromatic rings. The maximum atomic E-state index is 12.2. The van der Waals surface area contributed by atoms with Crippen molar-refractivity contribution in [3.05, 3.63) is 36.5 Å². The van der Waals surface area contributed by atoms with Gasteiger partial charge < -0.3 is 5.73 Å². The molecule has 0 aromatic heterocycles. The van der Waals surface area contributed by atoms with Gasteiger partial charge in [0.15, 0.2) is 17.3 Å². The monoisotopic (exact) mass is 263 g/mol. The van der Waals surface area contributed by atoms with Crippen LogP contribution in [0.5, 0.6) is 0 Å². The maximum Gasteiger partial charge on any atom is 0.247 e. The summed E-state index contributed by atoms with van der Waals surface area (Å²) in [6, 6.07) is 0. The van der Waals surface area contributed by atoms with E-state index in [2.05, 4.69) is 19.7 Å². The molecule has 0 rings (SSSR count). The number of rotatable bonds is 7. The van der Waals surface area contributed by atoms with Gasteiger partial charge in [-0.25, -0.2) is 0 Å². The summed E-state index contributed by atoms with van der Waals surface area (Å²) in [5, 5.41) is 0. The predicted octanol–water partition coefficient (Wildman–Crippen LogP) is 0.894. The molecular weight excluding hydrogens is 246 g/mol. The van der Waals surface area contributed by atoms with E-state index >= 15 is 0 Å². The smallest absolute Gasteiger partial charge is 0.247 e. The Morgan fingerprint density at radius 2 is 0.947 bits per heavy atom. The molecule has 0 aliphatic rings. The molecule has 0 spiro atoms. The van der Waals surface area contributed by atoms with Crippen LogP contribution in [0.15, 0.2) is 36.5 Å². The van der Waals surface area contributed by atoms with Crippen LogP contribution in [-0.2, 0) is 19.2 Å². The van der Waals surface area contributed by atoms with Crippen LogP contribution in [0.2, 0.25) is 0 Å². The van der Waals surface area contributed by atoms with Crippen LogP contribution in [0.1, 0.15) is 20.8 Å². The molecule has 0 aliphatic carbocycles. The van der Waals surface area contributed by atoms with E-state index in [1.807, 2.05) is 0 Å². The van der Waals surface area contributed by atoms with E-state index in [0.29, 0.717) is 0 Å². The fourth-order valence-corrected chi connectivity index (χ4v) is 1.61. The van der Waals surface area contributed by atoms with E-state index < -0.39 is 28.7 Å². The molecule has 0 unspecified atom stereocenters. The average Bonchev–Trinajstić information content (AvgIpc) is 2.28. The zero-order chi connectivity index (χ0) is 15.5. The molecule has 2 N–H and O–H groups in total. The number of allylic oxidation sites excluding steroid dienone is 3. The third-order valence-corrected chi connectivity index (χ3v) is 2.55. The van der Waals surface area contributed by atoms with E-state index in [-0.39, 0.29) is 16.7 Å². The van der Waals surface area contributed by atoms with Gasteiger partial charge in [0.25, 0.3) is 0 Å². The van der Waals surface area contributed by atoms with Gasteiger partial charge in [0.1, 0.15) is 0 Å². The van der Waals surface area contributed by atoms with Crippen LogP contribution in [0.25, 0.3) is 0 Å². The summed E-state index contributed by atoms with van der Waals surface area (Å²) in [4.78, 5) is 48.2. The highest BCUT2D eigenvalue weighted by molar-refractivity contribution is 6.45. The van der Waals surface area contributed by atoms with Crippen molar-refractivity contribution < 1.29 is 19.2 Å². The molecule has 0 fully saturated rings. The minimum Gasteiger partial charge on any atom is -0.368 e. The second kappa shape index (κ2) is 5.56. The topological polar surface area (TPSA) is 94.3 Å². The fourth-order valence-electron chi connectivity index (χ4n) is 1.61. The van der Waals surface area contributed by atoms with Gasteiger partial charge in [-0.15, -0.1) is 0 Å². The number of primary amides is 1. The van der Waals surface area contributed by atoms with Gasteiger partial charge in [0.05, 0.1) is 0 Å². The van der Waals surface area contributed by atoms with E-state index in [0.717, 1.165) is 0 Å². The average molecular weight is 263 g/mol. The summed E-state index contributed by atoms with van der Waals surface area (Å²) in [7, 11) is 0. The summed E-state index contributed by atoms with van der Waals surface area (Å²) >= 11 is 0. The van der Waals surface area contributed by atoms with Crippen molar-refractivity contribution in [2.24, 2.45) is 11.1 Å². The van der Waals surface area contributed by atoms with E-state index in [1.165, 1.54) is 20.8 Å². The van der Waals surface area contributed by atoms with Crippen LogP contribution < -0.4 is 5.73 Å². The standard InChI is InChI=1S/C14H17NO4/c1-7(2)10(16)14(13(15)19,11(17)8(3)4)12(18)9(5)6/h1,3,5H2,2,4,6H3,(H2,15,19). The Hall–Kier alpha value is -2.30. The molecule has 0 saturated carbocycles. The Morgan fingerprint density at radius 1 is 0.737 bits per heavy atom. The van der Waals surface area contributed by atoms with Crippen molar-refractivity contribution in [2.45, 2.75) is 20.8 Å². The number of ketones is 3. The van der Waals surface area contributed by atoms with Gasteiger partial charge in [-0.3, -0.25) is 19.2 Å². The zero-order valence-corrected chi connectivity index (χ0v) is 11.3. The van der Waals surface area contributed by atoms with Crippen molar-refractivity contribution in [1.82, 2.24) is 0 Å². The van der Waals surface area contributed by atoms with Crippen LogP contribution in [0.4, 0.5) is 0 Å².